The van der Waals surface area contributed by atoms with Crippen LogP contribution in [0.3, 0.4) is 0 Å². The fourth-order valence-electron chi connectivity index (χ4n) is 4.23. The topological polar surface area (TPSA) is 39.9 Å². The number of halogens is 1. The number of pyridine rings is 1. The number of methoxy groups -OCH3 is 1. The highest BCUT2D eigenvalue weighted by Crippen LogP contribution is 2.42. The molecule has 5 heteroatoms. The third kappa shape index (κ3) is 3.07. The highest BCUT2D eigenvalue weighted by atomic mass is 35.5. The van der Waals surface area contributed by atoms with Gasteiger partial charge in [0, 0.05) is 6.07 Å². The molecule has 0 bridgehead atoms. The molecule has 0 radical (unpaired) electrons. The van der Waals surface area contributed by atoms with Crippen LogP contribution in [0, 0.1) is 0 Å². The van der Waals surface area contributed by atoms with Crippen molar-refractivity contribution in [3.8, 4) is 5.75 Å². The molecule has 0 unspecified atom stereocenters. The first-order valence-corrected chi connectivity index (χ1v) is 10.4. The van der Waals surface area contributed by atoms with Gasteiger partial charge in [-0.05, 0) is 16.7 Å². The van der Waals surface area contributed by atoms with Crippen LogP contribution in [0.5, 0.6) is 5.75 Å². The van der Waals surface area contributed by atoms with Gasteiger partial charge in [0.1, 0.15) is 11.1 Å². The van der Waals surface area contributed by atoms with Gasteiger partial charge in [0.15, 0.2) is 10.9 Å². The third-order valence-corrected chi connectivity index (χ3v) is 5.86. The van der Waals surface area contributed by atoms with E-state index in [-0.39, 0.29) is 0 Å². The molecule has 0 atom stereocenters. The molecule has 0 fully saturated rings. The van der Waals surface area contributed by atoms with Crippen LogP contribution in [0.2, 0.25) is 5.15 Å². The van der Waals surface area contributed by atoms with Gasteiger partial charge in [-0.1, -0.05) is 103 Å². The van der Waals surface area contributed by atoms with E-state index in [1.54, 1.807) is 13.3 Å². The summed E-state index contributed by atoms with van der Waals surface area (Å²) < 4.78 is 7.49. The summed E-state index contributed by atoms with van der Waals surface area (Å²) in [7, 11) is 1.59. The smallest absolute Gasteiger partial charge is 0.171 e. The molecule has 3 aromatic carbocycles. The lowest BCUT2D eigenvalue weighted by molar-refractivity contribution is 0.413. The zero-order valence-corrected chi connectivity index (χ0v) is 17.7. The Hall–Kier alpha value is -3.63. The number of hydrogen-bond acceptors (Lipinski definition) is 3. The zero-order valence-electron chi connectivity index (χ0n) is 16.9. The van der Waals surface area contributed by atoms with Gasteiger partial charge in [-0.3, -0.25) is 0 Å². The van der Waals surface area contributed by atoms with Crippen LogP contribution < -0.4 is 4.74 Å². The summed E-state index contributed by atoms with van der Waals surface area (Å²) in [4.78, 5) is 4.52. The number of benzene rings is 3. The first kappa shape index (κ1) is 19.3. The Morgan fingerprint density at radius 3 is 1.71 bits per heavy atom. The number of ether oxygens (including phenoxy) is 1. The molecule has 0 amide bonds. The Bertz CT molecular complexity index is 1220. The summed E-state index contributed by atoms with van der Waals surface area (Å²) >= 11 is 6.30. The molecule has 0 N–H and O–H groups in total. The summed E-state index contributed by atoms with van der Waals surface area (Å²) in [6.45, 7) is 0. The minimum absolute atomic E-state index is 0.319. The third-order valence-electron chi connectivity index (χ3n) is 5.59. The predicted octanol–water partition coefficient (Wildman–Crippen LogP) is 5.93. The van der Waals surface area contributed by atoms with Crippen molar-refractivity contribution in [2.45, 2.75) is 5.54 Å². The number of fused-ring (bicyclic) bond motifs is 1. The second-order valence-corrected chi connectivity index (χ2v) is 7.61. The fourth-order valence-corrected chi connectivity index (χ4v) is 4.45. The second-order valence-electron chi connectivity index (χ2n) is 7.25. The van der Waals surface area contributed by atoms with E-state index in [1.165, 1.54) is 0 Å². The maximum absolute atomic E-state index is 6.30. The molecule has 0 saturated carbocycles. The molecule has 5 aromatic rings. The number of rotatable bonds is 5. The van der Waals surface area contributed by atoms with E-state index in [0.717, 1.165) is 22.2 Å². The second kappa shape index (κ2) is 7.89. The Kier molecular flexibility index (Phi) is 4.92. The van der Waals surface area contributed by atoms with E-state index >= 15 is 0 Å². The first-order chi connectivity index (χ1) is 15.2. The zero-order chi connectivity index (χ0) is 21.3. The van der Waals surface area contributed by atoms with Crippen LogP contribution in [-0.4, -0.2) is 21.9 Å². The highest BCUT2D eigenvalue weighted by molar-refractivity contribution is 6.31. The molecule has 0 saturated heterocycles. The molecule has 31 heavy (non-hydrogen) atoms. The summed E-state index contributed by atoms with van der Waals surface area (Å²) in [5, 5.41) is 5.17. The van der Waals surface area contributed by atoms with Crippen molar-refractivity contribution in [1.82, 2.24) is 14.8 Å². The Balaban J connectivity index is 1.95. The van der Waals surface area contributed by atoms with Gasteiger partial charge in [0.25, 0.3) is 0 Å². The molecule has 0 aliphatic carbocycles. The van der Waals surface area contributed by atoms with Gasteiger partial charge in [0.05, 0.1) is 18.8 Å². The van der Waals surface area contributed by atoms with Crippen LogP contribution in [0.4, 0.5) is 0 Å². The summed E-state index contributed by atoms with van der Waals surface area (Å²) in [5.41, 5.74) is 4.09. The summed E-state index contributed by atoms with van der Waals surface area (Å²) in [5.74, 6) is 0.513. The van der Waals surface area contributed by atoms with Gasteiger partial charge in [0.2, 0.25) is 0 Å². The Morgan fingerprint density at radius 1 is 0.774 bits per heavy atom. The number of aromatic nitrogens is 3. The van der Waals surface area contributed by atoms with Crippen LogP contribution in [0.1, 0.15) is 16.7 Å². The monoisotopic (exact) mass is 425 g/mol. The SMILES string of the molecule is COc1cc2c(cnn2C(c2ccccc2)(c2ccccc2)c2ccccc2)nc1Cl. The number of nitrogens with zero attached hydrogens (tertiary/aromatic N) is 3. The molecular weight excluding hydrogens is 406 g/mol. The minimum atomic E-state index is -0.716. The van der Waals surface area contributed by atoms with Crippen LogP contribution in [0.15, 0.2) is 103 Å². The lowest BCUT2D eigenvalue weighted by atomic mass is 9.77. The van der Waals surface area contributed by atoms with E-state index in [1.807, 2.05) is 28.9 Å². The average Bonchev–Trinajstić information content (AvgIpc) is 3.24. The van der Waals surface area contributed by atoms with Crippen molar-refractivity contribution >= 4 is 22.6 Å². The van der Waals surface area contributed by atoms with Crippen molar-refractivity contribution in [2.75, 3.05) is 7.11 Å². The van der Waals surface area contributed by atoms with Gasteiger partial charge in [-0.25, -0.2) is 9.67 Å². The van der Waals surface area contributed by atoms with Crippen LogP contribution in [0.25, 0.3) is 11.0 Å². The highest BCUT2D eigenvalue weighted by Gasteiger charge is 2.40. The van der Waals surface area contributed by atoms with Crippen molar-refractivity contribution in [1.29, 1.82) is 0 Å². The Morgan fingerprint density at radius 2 is 1.26 bits per heavy atom. The van der Waals surface area contributed by atoms with Gasteiger partial charge < -0.3 is 4.74 Å². The predicted molar refractivity (Wildman–Crippen MR) is 124 cm³/mol. The van der Waals surface area contributed by atoms with Crippen molar-refractivity contribution in [2.24, 2.45) is 0 Å². The maximum Gasteiger partial charge on any atom is 0.171 e. The molecule has 0 aliphatic rings. The van der Waals surface area contributed by atoms with E-state index in [4.69, 9.17) is 21.4 Å². The Labute approximate surface area is 185 Å². The summed E-state index contributed by atoms with van der Waals surface area (Å²) in [6.07, 6.45) is 1.75. The first-order valence-electron chi connectivity index (χ1n) is 10.0. The van der Waals surface area contributed by atoms with Crippen molar-refractivity contribution in [3.63, 3.8) is 0 Å². The average molecular weight is 426 g/mol. The normalized spacial score (nSPS) is 11.5. The van der Waals surface area contributed by atoms with E-state index < -0.39 is 5.54 Å². The van der Waals surface area contributed by atoms with E-state index in [0.29, 0.717) is 16.4 Å². The lowest BCUT2D eigenvalue weighted by Gasteiger charge is -2.37. The molecule has 0 aliphatic heterocycles. The quantitative estimate of drug-likeness (QED) is 0.258. The molecule has 2 heterocycles. The van der Waals surface area contributed by atoms with Gasteiger partial charge in [-0.15, -0.1) is 0 Å². The molecule has 152 valence electrons. The molecular formula is C26H20ClN3O. The van der Waals surface area contributed by atoms with Gasteiger partial charge >= 0.3 is 0 Å². The van der Waals surface area contributed by atoms with Crippen molar-refractivity contribution in [3.05, 3.63) is 125 Å². The van der Waals surface area contributed by atoms with Crippen LogP contribution >= 0.6 is 11.6 Å². The van der Waals surface area contributed by atoms with E-state index in [9.17, 15) is 0 Å². The van der Waals surface area contributed by atoms with Crippen LogP contribution in [-0.2, 0) is 5.54 Å². The summed E-state index contributed by atoms with van der Waals surface area (Å²) in [6, 6.07) is 33.1. The van der Waals surface area contributed by atoms with E-state index in [2.05, 4.69) is 77.8 Å². The lowest BCUT2D eigenvalue weighted by Crippen LogP contribution is -2.38. The van der Waals surface area contributed by atoms with Gasteiger partial charge in [-0.2, -0.15) is 5.10 Å². The molecule has 2 aromatic heterocycles. The minimum Gasteiger partial charge on any atom is -0.493 e. The number of hydrogen-bond donors (Lipinski definition) is 0. The maximum atomic E-state index is 6.30. The largest absolute Gasteiger partial charge is 0.493 e. The van der Waals surface area contributed by atoms with Crippen molar-refractivity contribution < 1.29 is 4.74 Å². The standard InChI is InChI=1S/C26H20ClN3O/c1-31-24-17-23-22(29-25(24)27)18-28-30(23)26(19-11-5-2-6-12-19,20-13-7-3-8-14-20)21-15-9-4-10-16-21/h2-18H,1H3. The fraction of sp³-hybridized carbons (Fsp3) is 0.0769. The molecule has 5 rings (SSSR count). The molecule has 0 spiro atoms. The molecule has 4 nitrogen and oxygen atoms in total.